The van der Waals surface area contributed by atoms with Crippen LogP contribution < -0.4 is 4.72 Å². The quantitative estimate of drug-likeness (QED) is 0.683. The average Bonchev–Trinajstić information content (AvgIpc) is 3.07. The molecular formula is C16H13N3O3S2. The third-order valence-electron chi connectivity index (χ3n) is 3.09. The molecule has 0 radical (unpaired) electrons. The number of anilines is 1. The fourth-order valence-corrected chi connectivity index (χ4v) is 3.69. The maximum absolute atomic E-state index is 12.2. The molecule has 0 aliphatic carbocycles. The lowest BCUT2D eigenvalue weighted by molar-refractivity contribution is 0.474. The van der Waals surface area contributed by atoms with Crippen LogP contribution >= 0.6 is 11.3 Å². The molecule has 6 nitrogen and oxygen atoms in total. The molecule has 3 aromatic rings. The molecule has 0 aliphatic rings. The van der Waals surface area contributed by atoms with Gasteiger partial charge in [0.05, 0.1) is 10.6 Å². The number of benzene rings is 2. The zero-order chi connectivity index (χ0) is 17.0. The molecule has 0 aliphatic heterocycles. The molecule has 0 unspecified atom stereocenters. The number of nitrogens with zero attached hydrogens (tertiary/aromatic N) is 2. The van der Waals surface area contributed by atoms with Crippen molar-refractivity contribution < 1.29 is 13.5 Å². The van der Waals surface area contributed by atoms with Crippen LogP contribution in [0, 0.1) is 0 Å². The number of aromatic hydroxyl groups is 1. The zero-order valence-corrected chi connectivity index (χ0v) is 14.0. The smallest absolute Gasteiger partial charge is 0.263 e. The number of hydrogen-bond acceptors (Lipinski definition) is 6. The van der Waals surface area contributed by atoms with Crippen molar-refractivity contribution in [3.8, 4) is 5.75 Å². The largest absolute Gasteiger partial charge is 0.507 e. The summed E-state index contributed by atoms with van der Waals surface area (Å²) >= 11 is 1.21. The van der Waals surface area contributed by atoms with E-state index in [4.69, 9.17) is 0 Å². The molecule has 0 atom stereocenters. The summed E-state index contributed by atoms with van der Waals surface area (Å²) in [5.41, 5.74) is 1.16. The van der Waals surface area contributed by atoms with Crippen LogP contribution in [0.15, 0.2) is 70.0 Å². The predicted octanol–water partition coefficient (Wildman–Crippen LogP) is 3.40. The Morgan fingerprint density at radius 3 is 2.54 bits per heavy atom. The number of phenolic OH excluding ortho intramolecular Hbond substituents is 1. The Bertz CT molecular complexity index is 950. The van der Waals surface area contributed by atoms with Gasteiger partial charge in [-0.1, -0.05) is 12.1 Å². The molecule has 1 aromatic heterocycles. The van der Waals surface area contributed by atoms with Crippen LogP contribution in [0.3, 0.4) is 0 Å². The van der Waals surface area contributed by atoms with E-state index in [1.54, 1.807) is 41.8 Å². The summed E-state index contributed by atoms with van der Waals surface area (Å²) in [6.45, 7) is 0. The fourth-order valence-electron chi connectivity index (χ4n) is 1.90. The van der Waals surface area contributed by atoms with E-state index in [1.165, 1.54) is 35.9 Å². The van der Waals surface area contributed by atoms with Gasteiger partial charge in [0.15, 0.2) is 5.13 Å². The van der Waals surface area contributed by atoms with Crippen LogP contribution in [0.5, 0.6) is 5.75 Å². The molecule has 8 heteroatoms. The number of rotatable bonds is 5. The standard InChI is InChI=1S/C16H13N3O3S2/c20-15-4-2-1-3-12(15)11-18-13-5-7-14(8-6-13)24(21,22)19-16-17-9-10-23-16/h1-11,20H,(H,17,19). The van der Waals surface area contributed by atoms with Crippen molar-refractivity contribution in [1.29, 1.82) is 0 Å². The first-order chi connectivity index (χ1) is 11.5. The molecule has 122 valence electrons. The van der Waals surface area contributed by atoms with Gasteiger partial charge in [-0.2, -0.15) is 0 Å². The minimum atomic E-state index is -3.67. The van der Waals surface area contributed by atoms with Crippen LogP contribution in [0.4, 0.5) is 10.8 Å². The highest BCUT2D eigenvalue weighted by atomic mass is 32.2. The molecular weight excluding hydrogens is 346 g/mol. The summed E-state index contributed by atoms with van der Waals surface area (Å²) in [6.07, 6.45) is 3.05. The van der Waals surface area contributed by atoms with E-state index < -0.39 is 10.0 Å². The van der Waals surface area contributed by atoms with Crippen molar-refractivity contribution >= 4 is 38.4 Å². The Hall–Kier alpha value is -2.71. The number of hydrogen-bond donors (Lipinski definition) is 2. The summed E-state index contributed by atoms with van der Waals surface area (Å²) in [4.78, 5) is 8.25. The highest BCUT2D eigenvalue weighted by Crippen LogP contribution is 2.21. The van der Waals surface area contributed by atoms with E-state index in [2.05, 4.69) is 14.7 Å². The number of phenols is 1. The number of aliphatic imine (C=N–C) groups is 1. The Morgan fingerprint density at radius 2 is 1.88 bits per heavy atom. The fraction of sp³-hybridized carbons (Fsp3) is 0. The van der Waals surface area contributed by atoms with Crippen LogP contribution in [-0.4, -0.2) is 24.7 Å². The van der Waals surface area contributed by atoms with Crippen molar-refractivity contribution in [2.45, 2.75) is 4.90 Å². The number of sulfonamides is 1. The van der Waals surface area contributed by atoms with Gasteiger partial charge in [-0.25, -0.2) is 13.4 Å². The molecule has 3 rings (SSSR count). The maximum Gasteiger partial charge on any atom is 0.263 e. The Kier molecular flexibility index (Phi) is 4.59. The highest BCUT2D eigenvalue weighted by Gasteiger charge is 2.15. The molecule has 0 amide bonds. The monoisotopic (exact) mass is 359 g/mol. The lowest BCUT2D eigenvalue weighted by Gasteiger charge is -2.05. The second-order valence-electron chi connectivity index (χ2n) is 4.75. The van der Waals surface area contributed by atoms with Gasteiger partial charge in [-0.3, -0.25) is 9.71 Å². The topological polar surface area (TPSA) is 91.7 Å². The van der Waals surface area contributed by atoms with Crippen LogP contribution in [0.2, 0.25) is 0 Å². The summed E-state index contributed by atoms with van der Waals surface area (Å²) in [5.74, 6) is 0.132. The Labute approximate surface area is 143 Å². The summed E-state index contributed by atoms with van der Waals surface area (Å²) in [5, 5.41) is 11.7. The van der Waals surface area contributed by atoms with E-state index in [0.717, 1.165) is 0 Å². The minimum Gasteiger partial charge on any atom is -0.507 e. The van der Waals surface area contributed by atoms with Gasteiger partial charge in [0.25, 0.3) is 10.0 Å². The summed E-state index contributed by atoms with van der Waals surface area (Å²) in [6, 6.07) is 12.9. The molecule has 1 heterocycles. The number of para-hydroxylation sites is 1. The van der Waals surface area contributed by atoms with Crippen LogP contribution in [0.25, 0.3) is 0 Å². The van der Waals surface area contributed by atoms with E-state index in [1.807, 2.05) is 0 Å². The normalized spacial score (nSPS) is 11.7. The highest BCUT2D eigenvalue weighted by molar-refractivity contribution is 7.93. The predicted molar refractivity (Wildman–Crippen MR) is 94.7 cm³/mol. The van der Waals surface area contributed by atoms with Crippen LogP contribution in [0.1, 0.15) is 5.56 Å². The van der Waals surface area contributed by atoms with Gasteiger partial charge < -0.3 is 5.11 Å². The van der Waals surface area contributed by atoms with Crippen molar-refractivity contribution in [1.82, 2.24) is 4.98 Å². The van der Waals surface area contributed by atoms with Crippen molar-refractivity contribution in [2.75, 3.05) is 4.72 Å². The molecule has 0 bridgehead atoms. The van der Waals surface area contributed by atoms with Gasteiger partial charge in [-0.15, -0.1) is 11.3 Å². The van der Waals surface area contributed by atoms with Gasteiger partial charge >= 0.3 is 0 Å². The van der Waals surface area contributed by atoms with E-state index >= 15 is 0 Å². The second kappa shape index (κ2) is 6.81. The first-order valence-electron chi connectivity index (χ1n) is 6.89. The summed E-state index contributed by atoms with van der Waals surface area (Å²) < 4.78 is 26.8. The first-order valence-corrected chi connectivity index (χ1v) is 9.25. The third kappa shape index (κ3) is 3.79. The molecule has 0 spiro atoms. The number of aromatic nitrogens is 1. The Morgan fingerprint density at radius 1 is 1.12 bits per heavy atom. The van der Waals surface area contributed by atoms with Gasteiger partial charge in [0.2, 0.25) is 0 Å². The molecule has 24 heavy (non-hydrogen) atoms. The van der Waals surface area contributed by atoms with Gasteiger partial charge in [-0.05, 0) is 36.4 Å². The minimum absolute atomic E-state index is 0.124. The van der Waals surface area contributed by atoms with Gasteiger partial charge in [0.1, 0.15) is 5.75 Å². The maximum atomic E-state index is 12.2. The third-order valence-corrected chi connectivity index (χ3v) is 5.26. The van der Waals surface area contributed by atoms with Crippen molar-refractivity contribution in [2.24, 2.45) is 4.99 Å². The molecule has 2 aromatic carbocycles. The zero-order valence-electron chi connectivity index (χ0n) is 12.3. The first kappa shape index (κ1) is 16.2. The molecule has 2 N–H and O–H groups in total. The van der Waals surface area contributed by atoms with Crippen LogP contribution in [-0.2, 0) is 10.0 Å². The number of nitrogens with one attached hydrogen (secondary N) is 1. The SMILES string of the molecule is O=S(=O)(Nc1nccs1)c1ccc(N=Cc2ccccc2O)cc1. The lowest BCUT2D eigenvalue weighted by atomic mass is 10.2. The average molecular weight is 359 g/mol. The molecule has 0 saturated carbocycles. The lowest BCUT2D eigenvalue weighted by Crippen LogP contribution is -2.12. The second-order valence-corrected chi connectivity index (χ2v) is 7.33. The Balaban J connectivity index is 1.77. The van der Waals surface area contributed by atoms with Gasteiger partial charge in [0, 0.05) is 23.4 Å². The molecule has 0 saturated heterocycles. The molecule has 0 fully saturated rings. The summed E-state index contributed by atoms with van der Waals surface area (Å²) in [7, 11) is -3.67. The van der Waals surface area contributed by atoms with E-state index in [0.29, 0.717) is 16.4 Å². The number of thiazole rings is 1. The van der Waals surface area contributed by atoms with Crippen molar-refractivity contribution in [3.05, 3.63) is 65.7 Å². The van der Waals surface area contributed by atoms with E-state index in [-0.39, 0.29) is 10.6 Å². The van der Waals surface area contributed by atoms with E-state index in [9.17, 15) is 13.5 Å². The van der Waals surface area contributed by atoms with Crippen molar-refractivity contribution in [3.63, 3.8) is 0 Å².